The number of carbonyl (C=O) groups is 1. The molecule has 1 aliphatic heterocycles. The summed E-state index contributed by atoms with van der Waals surface area (Å²) in [4.78, 5) is 32.0. The molecule has 1 amide bonds. The number of carbonyl (C=O) groups excluding carboxylic acids is 1. The molecule has 0 unspecified atom stereocenters. The Hall–Kier alpha value is -3.61. The Kier molecular flexibility index (Phi) is 6.94. The van der Waals surface area contributed by atoms with Crippen molar-refractivity contribution in [3.05, 3.63) is 63.7 Å². The first-order valence-electron chi connectivity index (χ1n) is 10.9. The lowest BCUT2D eigenvalue weighted by atomic mass is 10.1. The van der Waals surface area contributed by atoms with Crippen LogP contribution >= 0.6 is 0 Å². The Morgan fingerprint density at radius 1 is 1.14 bits per heavy atom. The average molecular weight is 514 g/mol. The van der Waals surface area contributed by atoms with Crippen molar-refractivity contribution in [2.75, 3.05) is 31.2 Å². The number of rotatable bonds is 5. The highest BCUT2D eigenvalue weighted by Gasteiger charge is 2.39. The van der Waals surface area contributed by atoms with Crippen molar-refractivity contribution < 1.29 is 35.9 Å². The first-order chi connectivity index (χ1) is 17.0. The predicted octanol–water partition coefficient (Wildman–Crippen LogP) is 3.71. The summed E-state index contributed by atoms with van der Waals surface area (Å²) in [6, 6.07) is 1.25. The Morgan fingerprint density at radius 2 is 1.78 bits per heavy atom. The van der Waals surface area contributed by atoms with Gasteiger partial charge in [-0.15, -0.1) is 0 Å². The van der Waals surface area contributed by atoms with Crippen molar-refractivity contribution in [1.29, 1.82) is 0 Å². The summed E-state index contributed by atoms with van der Waals surface area (Å²) >= 11 is 0. The van der Waals surface area contributed by atoms with Crippen LogP contribution in [0.1, 0.15) is 23.7 Å². The zero-order valence-corrected chi connectivity index (χ0v) is 18.8. The summed E-state index contributed by atoms with van der Waals surface area (Å²) in [5.74, 6) is -5.01. The van der Waals surface area contributed by atoms with Gasteiger partial charge >= 0.3 is 6.18 Å². The molecule has 0 saturated carbocycles. The fraction of sp³-hybridized carbons (Fsp3) is 0.348. The molecule has 36 heavy (non-hydrogen) atoms. The van der Waals surface area contributed by atoms with Crippen molar-refractivity contribution in [1.82, 2.24) is 14.9 Å². The number of ether oxygens (including phenoxy) is 1. The smallest absolute Gasteiger partial charge is 0.378 e. The van der Waals surface area contributed by atoms with Gasteiger partial charge in [0.1, 0.15) is 28.9 Å². The Balaban J connectivity index is 1.94. The monoisotopic (exact) mass is 514 g/mol. The largest absolute Gasteiger partial charge is 0.408 e. The van der Waals surface area contributed by atoms with Crippen molar-refractivity contribution in [2.45, 2.75) is 25.6 Å². The summed E-state index contributed by atoms with van der Waals surface area (Å²) < 4.78 is 88.7. The van der Waals surface area contributed by atoms with Gasteiger partial charge in [-0.2, -0.15) is 13.2 Å². The van der Waals surface area contributed by atoms with E-state index in [0.29, 0.717) is 50.5 Å². The van der Waals surface area contributed by atoms with Gasteiger partial charge in [0.25, 0.3) is 5.91 Å². The van der Waals surface area contributed by atoms with E-state index in [1.165, 1.54) is 19.1 Å². The summed E-state index contributed by atoms with van der Waals surface area (Å²) in [6.07, 6.45) is -4.59. The number of amides is 1. The lowest BCUT2D eigenvalue weighted by Gasteiger charge is -2.28. The SMILES string of the molecule is CC[C@H](NC(=O)c1cn(-c2c(F)cc(F)cc2F)c2nc(N3CCOCC3)ccc2c1=O)C(F)(F)F. The summed E-state index contributed by atoms with van der Waals surface area (Å²) in [5.41, 5.74) is -2.91. The van der Waals surface area contributed by atoms with Gasteiger partial charge in [0.05, 0.1) is 18.6 Å². The van der Waals surface area contributed by atoms with Gasteiger partial charge in [-0.1, -0.05) is 6.92 Å². The number of nitrogens with zero attached hydrogens (tertiary/aromatic N) is 3. The molecule has 1 aromatic carbocycles. The first kappa shape index (κ1) is 25.5. The highest BCUT2D eigenvalue weighted by molar-refractivity contribution is 5.97. The van der Waals surface area contributed by atoms with Gasteiger partial charge in [-0.05, 0) is 18.6 Å². The highest BCUT2D eigenvalue weighted by Crippen LogP contribution is 2.26. The van der Waals surface area contributed by atoms with Crippen LogP contribution in [-0.4, -0.2) is 54.0 Å². The minimum atomic E-state index is -4.79. The normalized spacial score (nSPS) is 15.2. The van der Waals surface area contributed by atoms with E-state index in [0.717, 1.165) is 4.57 Å². The van der Waals surface area contributed by atoms with Crippen LogP contribution < -0.4 is 15.6 Å². The maximum Gasteiger partial charge on any atom is 0.408 e. The van der Waals surface area contributed by atoms with E-state index in [9.17, 15) is 35.9 Å². The molecule has 0 spiro atoms. The number of aromatic nitrogens is 2. The first-order valence-corrected chi connectivity index (χ1v) is 10.9. The van der Waals surface area contributed by atoms with E-state index in [1.807, 2.05) is 0 Å². The second kappa shape index (κ2) is 9.80. The number of halogens is 6. The van der Waals surface area contributed by atoms with Crippen molar-refractivity contribution in [2.24, 2.45) is 0 Å². The lowest BCUT2D eigenvalue weighted by Crippen LogP contribution is -2.46. The Morgan fingerprint density at radius 3 is 2.36 bits per heavy atom. The number of pyridine rings is 2. The number of fused-ring (bicyclic) bond motifs is 1. The molecule has 1 saturated heterocycles. The molecule has 13 heteroatoms. The Bertz CT molecular complexity index is 1350. The fourth-order valence-corrected chi connectivity index (χ4v) is 3.91. The molecule has 3 aromatic rings. The predicted molar refractivity (Wildman–Crippen MR) is 118 cm³/mol. The van der Waals surface area contributed by atoms with Crippen LogP contribution in [0.25, 0.3) is 16.7 Å². The number of benzene rings is 1. The van der Waals surface area contributed by atoms with E-state index < -0.39 is 58.7 Å². The zero-order chi connectivity index (χ0) is 26.2. The summed E-state index contributed by atoms with van der Waals surface area (Å²) in [6.45, 7) is 2.86. The molecular weight excluding hydrogens is 494 g/mol. The van der Waals surface area contributed by atoms with Gasteiger partial charge in [0.2, 0.25) is 5.43 Å². The van der Waals surface area contributed by atoms with E-state index in [1.54, 1.807) is 10.2 Å². The van der Waals surface area contributed by atoms with Crippen LogP contribution in [0.3, 0.4) is 0 Å². The standard InChI is InChI=1S/C23H20F6N4O3/c1-2-17(23(27,28)29)30-22(35)14-11-33(19-15(25)9-12(24)10-16(19)26)21-13(20(14)34)3-4-18(31-21)32-5-7-36-8-6-32/h3-4,9-11,17H,2,5-8H2,1H3,(H,30,35)/t17-/m0/s1. The van der Waals surface area contributed by atoms with E-state index in [4.69, 9.17) is 4.74 Å². The van der Waals surface area contributed by atoms with Gasteiger partial charge in [-0.25, -0.2) is 18.2 Å². The Labute approximate surface area is 200 Å². The maximum absolute atomic E-state index is 14.8. The molecule has 0 aliphatic carbocycles. The third-order valence-electron chi connectivity index (χ3n) is 5.75. The summed E-state index contributed by atoms with van der Waals surface area (Å²) in [5, 5.41) is 1.47. The van der Waals surface area contributed by atoms with Crippen molar-refractivity contribution in [3.63, 3.8) is 0 Å². The average Bonchev–Trinajstić information content (AvgIpc) is 2.82. The van der Waals surface area contributed by atoms with Gasteiger partial charge in [-0.3, -0.25) is 14.2 Å². The molecule has 1 aliphatic rings. The number of hydrogen-bond acceptors (Lipinski definition) is 5. The molecule has 0 bridgehead atoms. The third-order valence-corrected chi connectivity index (χ3v) is 5.75. The lowest BCUT2D eigenvalue weighted by molar-refractivity contribution is -0.153. The molecule has 1 N–H and O–H groups in total. The van der Waals surface area contributed by atoms with Crippen LogP contribution in [0.15, 0.2) is 35.3 Å². The van der Waals surface area contributed by atoms with E-state index >= 15 is 0 Å². The van der Waals surface area contributed by atoms with Crippen LogP contribution in [-0.2, 0) is 4.74 Å². The van der Waals surface area contributed by atoms with Gasteiger partial charge in [0, 0.05) is 31.4 Å². The third kappa shape index (κ3) is 4.87. The van der Waals surface area contributed by atoms with E-state index in [2.05, 4.69) is 4.98 Å². The summed E-state index contributed by atoms with van der Waals surface area (Å²) in [7, 11) is 0. The molecule has 192 valence electrons. The van der Waals surface area contributed by atoms with Gasteiger partial charge < -0.3 is 15.0 Å². The minimum absolute atomic E-state index is 0.271. The molecule has 1 fully saturated rings. The second-order valence-corrected chi connectivity index (χ2v) is 8.08. The van der Waals surface area contributed by atoms with Crippen LogP contribution in [0.5, 0.6) is 0 Å². The van der Waals surface area contributed by atoms with Crippen LogP contribution in [0, 0.1) is 17.5 Å². The number of nitrogens with one attached hydrogen (secondary N) is 1. The van der Waals surface area contributed by atoms with Crippen molar-refractivity contribution in [3.8, 4) is 5.69 Å². The molecule has 3 heterocycles. The highest BCUT2D eigenvalue weighted by atomic mass is 19.4. The topological polar surface area (TPSA) is 76.5 Å². The number of alkyl halides is 3. The van der Waals surface area contributed by atoms with Crippen LogP contribution in [0.4, 0.5) is 32.2 Å². The molecule has 4 rings (SSSR count). The molecular formula is C23H20F6N4O3. The number of hydrogen-bond donors (Lipinski definition) is 1. The van der Waals surface area contributed by atoms with Crippen LogP contribution in [0.2, 0.25) is 0 Å². The van der Waals surface area contributed by atoms with Crippen molar-refractivity contribution >= 4 is 22.8 Å². The van der Waals surface area contributed by atoms with E-state index in [-0.39, 0.29) is 11.0 Å². The molecule has 2 aromatic heterocycles. The minimum Gasteiger partial charge on any atom is -0.378 e. The number of anilines is 1. The number of morpholine rings is 1. The molecule has 0 radical (unpaired) electrons. The van der Waals surface area contributed by atoms with Gasteiger partial charge in [0.15, 0.2) is 17.3 Å². The fourth-order valence-electron chi connectivity index (χ4n) is 3.91. The molecule has 7 nitrogen and oxygen atoms in total. The maximum atomic E-state index is 14.8. The second-order valence-electron chi connectivity index (χ2n) is 8.08. The molecule has 1 atom stereocenters. The zero-order valence-electron chi connectivity index (χ0n) is 18.8. The quantitative estimate of drug-likeness (QED) is 0.526.